The Labute approximate surface area is 105 Å². The Morgan fingerprint density at radius 2 is 2.19 bits per heavy atom. The molecule has 1 aliphatic heterocycles. The minimum atomic E-state index is -1.05. The summed E-state index contributed by atoms with van der Waals surface area (Å²) in [5.74, 6) is 1.53. The van der Waals surface area contributed by atoms with E-state index in [9.17, 15) is 9.90 Å². The van der Waals surface area contributed by atoms with E-state index in [4.69, 9.17) is 4.74 Å². The molecule has 0 aromatic rings. The molecule has 1 fully saturated rings. The van der Waals surface area contributed by atoms with Crippen LogP contribution < -0.4 is 0 Å². The lowest BCUT2D eigenvalue weighted by Gasteiger charge is -2.17. The number of thioether (sulfide) groups is 2. The van der Waals surface area contributed by atoms with E-state index in [1.165, 1.54) is 10.7 Å². The molecule has 2 atom stereocenters. The van der Waals surface area contributed by atoms with Crippen LogP contribution in [-0.4, -0.2) is 35.3 Å². The van der Waals surface area contributed by atoms with E-state index in [1.54, 1.807) is 30.4 Å². The first-order valence-corrected chi connectivity index (χ1v) is 7.44. The Balaban J connectivity index is 2.49. The Hall–Kier alpha value is -0.130. The molecule has 1 rings (SSSR count). The topological polar surface area (TPSA) is 46.5 Å². The van der Waals surface area contributed by atoms with E-state index in [0.717, 1.165) is 11.5 Å². The van der Waals surface area contributed by atoms with Crippen molar-refractivity contribution < 1.29 is 14.6 Å². The maximum Gasteiger partial charge on any atom is 0.335 e. The van der Waals surface area contributed by atoms with Gasteiger partial charge in [0.1, 0.15) is 0 Å². The fourth-order valence-electron chi connectivity index (χ4n) is 1.29. The summed E-state index contributed by atoms with van der Waals surface area (Å²) in [6, 6.07) is 0. The molecule has 0 amide bonds. The van der Waals surface area contributed by atoms with Gasteiger partial charge < -0.3 is 9.84 Å². The summed E-state index contributed by atoms with van der Waals surface area (Å²) in [4.78, 5) is 11.3. The maximum absolute atomic E-state index is 11.3. The lowest BCUT2D eigenvalue weighted by atomic mass is 10.1. The summed E-state index contributed by atoms with van der Waals surface area (Å²) < 4.78 is 5.99. The average molecular weight is 262 g/mol. The Morgan fingerprint density at radius 1 is 1.56 bits per heavy atom. The first kappa shape index (κ1) is 13.9. The standard InChI is InChI=1S/C11H18O3S2/c1-3-14-11(13)10(12)8(2)7-9-15-5-4-6-16-9/h7-8,10,12H,3-6H2,1-2H3. The summed E-state index contributed by atoms with van der Waals surface area (Å²) in [7, 11) is 0. The van der Waals surface area contributed by atoms with Crippen LogP contribution in [0.3, 0.4) is 0 Å². The largest absolute Gasteiger partial charge is 0.464 e. The highest BCUT2D eigenvalue weighted by Crippen LogP contribution is 2.35. The monoisotopic (exact) mass is 262 g/mol. The summed E-state index contributed by atoms with van der Waals surface area (Å²) in [6.45, 7) is 3.88. The third kappa shape index (κ3) is 4.39. The van der Waals surface area contributed by atoms with Crippen molar-refractivity contribution in [3.63, 3.8) is 0 Å². The lowest BCUT2D eigenvalue weighted by molar-refractivity contribution is -0.154. The van der Waals surface area contributed by atoms with Crippen LogP contribution in [0, 0.1) is 5.92 Å². The zero-order valence-corrected chi connectivity index (χ0v) is 11.3. The van der Waals surface area contributed by atoms with Crippen molar-refractivity contribution in [3.8, 4) is 0 Å². The average Bonchev–Trinajstić information content (AvgIpc) is 2.29. The molecule has 92 valence electrons. The minimum Gasteiger partial charge on any atom is -0.464 e. The van der Waals surface area contributed by atoms with Crippen LogP contribution in [0.2, 0.25) is 0 Å². The van der Waals surface area contributed by atoms with E-state index < -0.39 is 12.1 Å². The van der Waals surface area contributed by atoms with Crippen molar-refractivity contribution in [3.05, 3.63) is 10.3 Å². The molecule has 0 spiro atoms. The molecule has 5 heteroatoms. The van der Waals surface area contributed by atoms with Gasteiger partial charge in [-0.25, -0.2) is 4.79 Å². The molecule has 0 bridgehead atoms. The zero-order valence-electron chi connectivity index (χ0n) is 9.64. The lowest BCUT2D eigenvalue weighted by Crippen LogP contribution is -2.28. The number of hydrogen-bond donors (Lipinski definition) is 1. The quantitative estimate of drug-likeness (QED) is 0.787. The molecule has 1 saturated heterocycles. The predicted molar refractivity (Wildman–Crippen MR) is 69.4 cm³/mol. The predicted octanol–water partition coefficient (Wildman–Crippen LogP) is 2.26. The first-order valence-electron chi connectivity index (χ1n) is 5.47. The molecular weight excluding hydrogens is 244 g/mol. The van der Waals surface area contributed by atoms with Crippen molar-refractivity contribution >= 4 is 29.5 Å². The van der Waals surface area contributed by atoms with Gasteiger partial charge in [0.25, 0.3) is 0 Å². The van der Waals surface area contributed by atoms with Crippen molar-refractivity contribution in [1.29, 1.82) is 0 Å². The van der Waals surface area contributed by atoms with E-state index in [0.29, 0.717) is 6.61 Å². The highest BCUT2D eigenvalue weighted by atomic mass is 32.2. The van der Waals surface area contributed by atoms with Crippen LogP contribution in [0.4, 0.5) is 0 Å². The van der Waals surface area contributed by atoms with Gasteiger partial charge in [0.15, 0.2) is 6.10 Å². The fourth-order valence-corrected chi connectivity index (χ4v) is 3.91. The Morgan fingerprint density at radius 3 is 2.75 bits per heavy atom. The third-order valence-electron chi connectivity index (χ3n) is 2.20. The molecule has 0 aromatic heterocycles. The molecule has 3 nitrogen and oxygen atoms in total. The first-order chi connectivity index (χ1) is 7.65. The van der Waals surface area contributed by atoms with Gasteiger partial charge in [0.2, 0.25) is 0 Å². The van der Waals surface area contributed by atoms with Crippen LogP contribution in [0.5, 0.6) is 0 Å². The summed E-state index contributed by atoms with van der Waals surface area (Å²) in [5, 5.41) is 9.71. The Bertz CT molecular complexity index is 258. The van der Waals surface area contributed by atoms with Gasteiger partial charge in [0.05, 0.1) is 6.61 Å². The molecular formula is C11H18O3S2. The van der Waals surface area contributed by atoms with Crippen LogP contribution >= 0.6 is 23.5 Å². The van der Waals surface area contributed by atoms with Gasteiger partial charge in [-0.1, -0.05) is 13.0 Å². The van der Waals surface area contributed by atoms with Gasteiger partial charge in [-0.05, 0) is 24.9 Å². The molecule has 0 saturated carbocycles. The highest BCUT2D eigenvalue weighted by Gasteiger charge is 2.23. The number of carbonyl (C=O) groups is 1. The smallest absolute Gasteiger partial charge is 0.335 e. The van der Waals surface area contributed by atoms with Crippen molar-refractivity contribution in [2.45, 2.75) is 26.4 Å². The SMILES string of the molecule is CCOC(=O)C(O)C(C)C=C1SCCCS1. The molecule has 16 heavy (non-hydrogen) atoms. The van der Waals surface area contributed by atoms with E-state index in [1.807, 2.05) is 13.0 Å². The molecule has 0 radical (unpaired) electrons. The fraction of sp³-hybridized carbons (Fsp3) is 0.727. The van der Waals surface area contributed by atoms with Crippen LogP contribution in [0.15, 0.2) is 10.3 Å². The number of rotatable bonds is 4. The maximum atomic E-state index is 11.3. The van der Waals surface area contributed by atoms with Gasteiger partial charge in [-0.2, -0.15) is 0 Å². The summed E-state index contributed by atoms with van der Waals surface area (Å²) in [6.07, 6.45) is 2.15. The molecule has 2 unspecified atom stereocenters. The number of esters is 1. The number of ether oxygens (including phenoxy) is 1. The number of aliphatic hydroxyl groups excluding tert-OH is 1. The van der Waals surface area contributed by atoms with Gasteiger partial charge in [-0.15, -0.1) is 23.5 Å². The molecule has 1 N–H and O–H groups in total. The van der Waals surface area contributed by atoms with Crippen LogP contribution in [0.25, 0.3) is 0 Å². The van der Waals surface area contributed by atoms with Crippen molar-refractivity contribution in [2.24, 2.45) is 5.92 Å². The normalized spacial score (nSPS) is 20.1. The number of hydrogen-bond acceptors (Lipinski definition) is 5. The molecule has 1 heterocycles. The molecule has 0 aromatic carbocycles. The molecule has 0 aliphatic carbocycles. The summed E-state index contributed by atoms with van der Waals surface area (Å²) in [5.41, 5.74) is 0. The second-order valence-electron chi connectivity index (χ2n) is 3.59. The number of aliphatic hydroxyl groups is 1. The summed E-state index contributed by atoms with van der Waals surface area (Å²) >= 11 is 3.59. The van der Waals surface area contributed by atoms with E-state index in [2.05, 4.69) is 0 Å². The van der Waals surface area contributed by atoms with Crippen LogP contribution in [-0.2, 0) is 9.53 Å². The van der Waals surface area contributed by atoms with Gasteiger partial charge >= 0.3 is 5.97 Å². The van der Waals surface area contributed by atoms with Gasteiger partial charge in [-0.3, -0.25) is 0 Å². The van der Waals surface area contributed by atoms with E-state index in [-0.39, 0.29) is 5.92 Å². The second-order valence-corrected chi connectivity index (χ2v) is 6.12. The number of carbonyl (C=O) groups excluding carboxylic acids is 1. The van der Waals surface area contributed by atoms with Gasteiger partial charge in [0, 0.05) is 10.2 Å². The zero-order chi connectivity index (χ0) is 12.0. The second kappa shape index (κ2) is 7.25. The third-order valence-corrected chi connectivity index (χ3v) is 4.74. The highest BCUT2D eigenvalue weighted by molar-refractivity contribution is 8.22. The van der Waals surface area contributed by atoms with Crippen LogP contribution in [0.1, 0.15) is 20.3 Å². The van der Waals surface area contributed by atoms with Crippen molar-refractivity contribution in [1.82, 2.24) is 0 Å². The minimum absolute atomic E-state index is 0.188. The van der Waals surface area contributed by atoms with Crippen molar-refractivity contribution in [2.75, 3.05) is 18.1 Å². The van der Waals surface area contributed by atoms with E-state index >= 15 is 0 Å². The Kier molecular flexibility index (Phi) is 6.31. The molecule has 1 aliphatic rings.